The van der Waals surface area contributed by atoms with Crippen LogP contribution in [0, 0.1) is 0 Å². The Hall–Kier alpha value is -5.10. The minimum Gasteiger partial charge on any atom is -0.456 e. The quantitative estimate of drug-likeness (QED) is 0.231. The third kappa shape index (κ3) is 7.96. The van der Waals surface area contributed by atoms with Gasteiger partial charge in [-0.05, 0) is 40.5 Å². The first-order chi connectivity index (χ1) is 24.6. The highest BCUT2D eigenvalue weighted by Gasteiger charge is 2.55. The maximum atomic E-state index is 14.3. The summed E-state index contributed by atoms with van der Waals surface area (Å²) in [7, 11) is 4.85. The molecule has 1 saturated heterocycles. The van der Waals surface area contributed by atoms with E-state index in [-0.39, 0.29) is 37.5 Å². The van der Waals surface area contributed by atoms with Crippen LogP contribution in [0.3, 0.4) is 0 Å². The molecule has 0 unspecified atom stereocenters. The molecule has 51 heavy (non-hydrogen) atoms. The maximum Gasteiger partial charge on any atom is 0.339 e. The Morgan fingerprint density at radius 2 is 1.61 bits per heavy atom. The number of nitrogens with one attached hydrogen (secondary N) is 1. The highest BCUT2D eigenvalue weighted by atomic mass is 16.8. The Bertz CT molecular complexity index is 1810. The molecule has 0 aromatic heterocycles. The second-order valence-corrected chi connectivity index (χ2v) is 13.3. The molecule has 1 fully saturated rings. The number of hydrogen-bond donors (Lipinski definition) is 2. The average Bonchev–Trinajstić information content (AvgIpc) is 3.69. The molecule has 0 saturated carbocycles. The Balaban J connectivity index is 1.29. The van der Waals surface area contributed by atoms with Gasteiger partial charge in [-0.1, -0.05) is 72.8 Å². The fourth-order valence-corrected chi connectivity index (χ4v) is 6.90. The van der Waals surface area contributed by atoms with Gasteiger partial charge in [0.1, 0.15) is 24.4 Å². The molecule has 4 atom stereocenters. The van der Waals surface area contributed by atoms with Gasteiger partial charge in [0.25, 0.3) is 0 Å². The monoisotopic (exact) mass is 693 g/mol. The van der Waals surface area contributed by atoms with Gasteiger partial charge in [-0.15, -0.1) is 0 Å². The first kappa shape index (κ1) is 35.7. The van der Waals surface area contributed by atoms with Gasteiger partial charge in [-0.3, -0.25) is 14.4 Å². The van der Waals surface area contributed by atoms with E-state index in [9.17, 15) is 24.3 Å². The number of carbonyl (C=O) groups excluding carboxylic acids is 4. The molecule has 3 aliphatic rings. The minimum absolute atomic E-state index is 0.0237. The minimum atomic E-state index is -0.988. The highest BCUT2D eigenvalue weighted by molar-refractivity contribution is 5.98. The molecule has 11 nitrogen and oxygen atoms in total. The number of likely N-dealkylation sites (N-methyl/N-ethyl adjacent to an activating group) is 2. The molecular formula is C40H43N3O8. The topological polar surface area (TPSA) is 135 Å². The van der Waals surface area contributed by atoms with E-state index in [1.54, 1.807) is 57.6 Å². The molecule has 1 heterocycles. The van der Waals surface area contributed by atoms with E-state index in [2.05, 4.69) is 5.32 Å². The standard InChI is InChI=1S/C40H43N3O8/c1-42(2)35(45)18-17-27-13-9-10-16-31(27)39(48)49-33-22-30(23-34-36(33)51-40(50-34)24-28-14-7-8-15-29(28)25-40)38(47)43(3)32(37(46)41-19-20-44)21-26-11-5-4-6-12-26/h4-18,23,32-34,36,44H,19-22,24-25H2,1-3H3,(H,41,46)/t32-,33-,34-,36+/m1/s1. The lowest BCUT2D eigenvalue weighted by Gasteiger charge is -2.33. The Morgan fingerprint density at radius 1 is 0.941 bits per heavy atom. The van der Waals surface area contributed by atoms with E-state index in [4.69, 9.17) is 14.2 Å². The van der Waals surface area contributed by atoms with Gasteiger partial charge >= 0.3 is 5.97 Å². The van der Waals surface area contributed by atoms with Gasteiger partial charge in [0.2, 0.25) is 17.7 Å². The van der Waals surface area contributed by atoms with E-state index in [0.717, 1.165) is 16.7 Å². The number of aliphatic hydroxyl groups excluding tert-OH is 1. The SMILES string of the molecule is CN(C)C(=O)C=Cc1ccccc1C(=O)O[C@@H]1CC(C(=O)N(C)[C@H](Cc2ccccc2)C(=O)NCCO)=C[C@H]2OC3(Cc4ccccc4C3)O[C@H]21. The van der Waals surface area contributed by atoms with Crippen molar-refractivity contribution < 1.29 is 38.5 Å². The molecule has 0 bridgehead atoms. The van der Waals surface area contributed by atoms with Gasteiger partial charge in [0.05, 0.1) is 12.2 Å². The summed E-state index contributed by atoms with van der Waals surface area (Å²) in [5.74, 6) is -2.68. The van der Waals surface area contributed by atoms with Crippen molar-refractivity contribution in [3.63, 3.8) is 0 Å². The second kappa shape index (κ2) is 15.4. The van der Waals surface area contributed by atoms with E-state index in [1.807, 2.05) is 54.6 Å². The number of nitrogens with zero attached hydrogens (tertiary/aromatic N) is 2. The molecule has 3 aromatic rings. The zero-order valence-electron chi connectivity index (χ0n) is 29.0. The van der Waals surface area contributed by atoms with Crippen molar-refractivity contribution >= 4 is 29.8 Å². The summed E-state index contributed by atoms with van der Waals surface area (Å²) in [6.07, 6.45) is 3.67. The van der Waals surface area contributed by atoms with Crippen molar-refractivity contribution in [3.05, 3.63) is 124 Å². The van der Waals surface area contributed by atoms with Gasteiger partial charge in [0.15, 0.2) is 5.79 Å². The largest absolute Gasteiger partial charge is 0.456 e. The summed E-state index contributed by atoms with van der Waals surface area (Å²) in [5, 5.41) is 12.1. The molecular weight excluding hydrogens is 650 g/mol. The van der Waals surface area contributed by atoms with Crippen molar-refractivity contribution in [1.82, 2.24) is 15.1 Å². The first-order valence-electron chi connectivity index (χ1n) is 17.1. The predicted octanol–water partition coefficient (Wildman–Crippen LogP) is 3.10. The molecule has 1 aliphatic heterocycles. The maximum absolute atomic E-state index is 14.3. The molecule has 6 rings (SSSR count). The van der Waals surface area contributed by atoms with Crippen LogP contribution in [-0.4, -0.2) is 103 Å². The summed E-state index contributed by atoms with van der Waals surface area (Å²) >= 11 is 0. The van der Waals surface area contributed by atoms with Crippen LogP contribution >= 0.6 is 0 Å². The smallest absolute Gasteiger partial charge is 0.339 e. The van der Waals surface area contributed by atoms with Crippen LogP contribution in [0.25, 0.3) is 6.08 Å². The van der Waals surface area contributed by atoms with Crippen molar-refractivity contribution in [2.45, 2.75) is 55.8 Å². The third-order valence-corrected chi connectivity index (χ3v) is 9.55. The number of benzene rings is 3. The number of hydrogen-bond acceptors (Lipinski definition) is 8. The van der Waals surface area contributed by atoms with Gasteiger partial charge in [0, 0.05) is 65.0 Å². The predicted molar refractivity (Wildman–Crippen MR) is 189 cm³/mol. The molecule has 266 valence electrons. The molecule has 3 aromatic carbocycles. The van der Waals surface area contributed by atoms with E-state index in [1.165, 1.54) is 15.9 Å². The summed E-state index contributed by atoms with van der Waals surface area (Å²) in [5.41, 5.74) is 4.15. The summed E-state index contributed by atoms with van der Waals surface area (Å²) in [6, 6.07) is 23.3. The normalized spacial score (nSPS) is 20.6. The number of carbonyl (C=O) groups is 4. The van der Waals surface area contributed by atoms with Gasteiger partial charge in [-0.2, -0.15) is 0 Å². The van der Waals surface area contributed by atoms with Crippen molar-refractivity contribution in [1.29, 1.82) is 0 Å². The van der Waals surface area contributed by atoms with E-state index >= 15 is 0 Å². The third-order valence-electron chi connectivity index (χ3n) is 9.55. The summed E-state index contributed by atoms with van der Waals surface area (Å²) < 4.78 is 19.5. The van der Waals surface area contributed by atoms with Crippen LogP contribution < -0.4 is 5.32 Å². The van der Waals surface area contributed by atoms with Crippen LogP contribution in [-0.2, 0) is 47.9 Å². The van der Waals surface area contributed by atoms with Crippen LogP contribution in [0.5, 0.6) is 0 Å². The lowest BCUT2D eigenvalue weighted by Crippen LogP contribution is -2.51. The van der Waals surface area contributed by atoms with Crippen molar-refractivity contribution in [3.8, 4) is 0 Å². The number of rotatable bonds is 11. The molecule has 2 aliphatic carbocycles. The van der Waals surface area contributed by atoms with E-state index in [0.29, 0.717) is 24.0 Å². The Kier molecular flexibility index (Phi) is 10.8. The number of fused-ring (bicyclic) bond motifs is 2. The lowest BCUT2D eigenvalue weighted by atomic mass is 9.90. The Labute approximate surface area is 297 Å². The number of aliphatic hydroxyl groups is 1. The number of amides is 3. The summed E-state index contributed by atoms with van der Waals surface area (Å²) in [4.78, 5) is 56.6. The molecule has 1 spiro atoms. The first-order valence-corrected chi connectivity index (χ1v) is 17.1. The van der Waals surface area contributed by atoms with E-state index < -0.39 is 47.9 Å². The number of esters is 1. The van der Waals surface area contributed by atoms with Crippen LogP contribution in [0.4, 0.5) is 0 Å². The van der Waals surface area contributed by atoms with Gasteiger partial charge < -0.3 is 34.4 Å². The lowest BCUT2D eigenvalue weighted by molar-refractivity contribution is -0.172. The Morgan fingerprint density at radius 3 is 2.29 bits per heavy atom. The van der Waals surface area contributed by atoms with Crippen molar-refractivity contribution in [2.75, 3.05) is 34.3 Å². The molecule has 2 N–H and O–H groups in total. The molecule has 0 radical (unpaired) electrons. The van der Waals surface area contributed by atoms with Crippen LogP contribution in [0.1, 0.15) is 39.0 Å². The highest BCUT2D eigenvalue weighted by Crippen LogP contribution is 2.45. The second-order valence-electron chi connectivity index (χ2n) is 13.3. The average molecular weight is 694 g/mol. The fraction of sp³-hybridized carbons (Fsp3) is 0.350. The zero-order chi connectivity index (χ0) is 36.1. The van der Waals surface area contributed by atoms with Gasteiger partial charge in [-0.25, -0.2) is 4.79 Å². The van der Waals surface area contributed by atoms with Crippen molar-refractivity contribution in [2.24, 2.45) is 0 Å². The summed E-state index contributed by atoms with van der Waals surface area (Å²) in [6.45, 7) is -0.192. The van der Waals surface area contributed by atoms with Crippen LogP contribution in [0.2, 0.25) is 0 Å². The fourth-order valence-electron chi connectivity index (χ4n) is 6.90. The zero-order valence-corrected chi connectivity index (χ0v) is 29.0. The van der Waals surface area contributed by atoms with Crippen LogP contribution in [0.15, 0.2) is 96.6 Å². The molecule has 11 heteroatoms. The number of ether oxygens (including phenoxy) is 3. The molecule has 3 amide bonds.